The summed E-state index contributed by atoms with van der Waals surface area (Å²) in [6, 6.07) is 30.1. The van der Waals surface area contributed by atoms with Crippen molar-refractivity contribution in [3.05, 3.63) is 113 Å². The first-order valence-electron chi connectivity index (χ1n) is 16.4. The van der Waals surface area contributed by atoms with Crippen molar-refractivity contribution < 1.29 is 27.1 Å². The summed E-state index contributed by atoms with van der Waals surface area (Å²) in [6.07, 6.45) is 3.08. The lowest BCUT2D eigenvalue weighted by Crippen LogP contribution is -2.40. The van der Waals surface area contributed by atoms with E-state index in [1.165, 1.54) is 0 Å². The van der Waals surface area contributed by atoms with E-state index >= 15 is 0 Å². The summed E-state index contributed by atoms with van der Waals surface area (Å²) in [5.74, 6) is 1.60. The van der Waals surface area contributed by atoms with Crippen LogP contribution in [-0.2, 0) is 27.5 Å². The molecule has 3 aromatic carbocycles. The van der Waals surface area contributed by atoms with Gasteiger partial charge in [0, 0.05) is 18.8 Å². The zero-order valence-electron chi connectivity index (χ0n) is 28.9. The fraction of sp³-hybridized carbons (Fsp3) is 0.378. The van der Waals surface area contributed by atoms with Crippen molar-refractivity contribution in [3.8, 4) is 17.4 Å². The first-order valence-corrected chi connectivity index (χ1v) is 20.9. The van der Waals surface area contributed by atoms with Gasteiger partial charge in [-0.1, -0.05) is 87.5 Å². The summed E-state index contributed by atoms with van der Waals surface area (Å²) in [7, 11) is -2.48. The standard InChI is InChI=1S/C37H49N3O6SSi/c1-7-48(8-2,9-3)46-35(30-20-21-33(31(25-30)40-47(6,41)42)45-27-29-18-14-11-15-19-29)26-39-32(24-28-16-12-10-13-17-28)36-34(43-4)22-23-38-37(36)44-5/h10-23,25,32,35,39-40H,7-9,24,26-27H2,1-6H3/t32?,35-/m0/s1. The summed E-state index contributed by atoms with van der Waals surface area (Å²) in [5.41, 5.74) is 4.15. The van der Waals surface area contributed by atoms with E-state index in [4.69, 9.17) is 18.6 Å². The van der Waals surface area contributed by atoms with Gasteiger partial charge in [0.25, 0.3) is 0 Å². The fourth-order valence-electron chi connectivity index (χ4n) is 5.89. The van der Waals surface area contributed by atoms with Gasteiger partial charge in [0.15, 0.2) is 8.32 Å². The van der Waals surface area contributed by atoms with E-state index in [2.05, 4.69) is 47.9 Å². The maximum absolute atomic E-state index is 12.5. The van der Waals surface area contributed by atoms with E-state index in [0.717, 1.165) is 46.6 Å². The SMILES string of the molecule is CC[Si](CC)(CC)O[C@@H](CNC(Cc1ccccc1)c1c(OC)ccnc1OC)c1ccc(OCc2ccccc2)c(NS(C)(=O)=O)c1. The number of anilines is 1. The Kier molecular flexibility index (Phi) is 13.4. The van der Waals surface area contributed by atoms with E-state index in [1.54, 1.807) is 20.4 Å². The van der Waals surface area contributed by atoms with E-state index in [0.29, 0.717) is 42.6 Å². The van der Waals surface area contributed by atoms with Crippen LogP contribution >= 0.6 is 0 Å². The Balaban J connectivity index is 1.75. The highest BCUT2D eigenvalue weighted by atomic mass is 32.2. The van der Waals surface area contributed by atoms with Crippen LogP contribution < -0.4 is 24.2 Å². The molecule has 4 rings (SSSR count). The van der Waals surface area contributed by atoms with Crippen LogP contribution in [0.25, 0.3) is 0 Å². The zero-order chi connectivity index (χ0) is 34.6. The average molecular weight is 692 g/mol. The summed E-state index contributed by atoms with van der Waals surface area (Å²) in [4.78, 5) is 4.50. The average Bonchev–Trinajstić information content (AvgIpc) is 3.10. The smallest absolute Gasteiger partial charge is 0.229 e. The Morgan fingerprint density at radius 1 is 0.812 bits per heavy atom. The third-order valence-electron chi connectivity index (χ3n) is 8.74. The molecule has 0 bridgehead atoms. The molecule has 0 spiro atoms. The van der Waals surface area contributed by atoms with Crippen LogP contribution in [0.5, 0.6) is 17.4 Å². The first kappa shape index (κ1) is 36.9. The summed E-state index contributed by atoms with van der Waals surface area (Å²) in [6.45, 7) is 7.34. The fourth-order valence-corrected chi connectivity index (χ4v) is 9.27. The van der Waals surface area contributed by atoms with Crippen molar-refractivity contribution >= 4 is 24.0 Å². The Morgan fingerprint density at radius 2 is 1.46 bits per heavy atom. The van der Waals surface area contributed by atoms with Gasteiger partial charge in [-0.15, -0.1) is 0 Å². The summed E-state index contributed by atoms with van der Waals surface area (Å²) in [5, 5.41) is 3.78. The van der Waals surface area contributed by atoms with Crippen LogP contribution in [0.1, 0.15) is 55.2 Å². The predicted octanol–water partition coefficient (Wildman–Crippen LogP) is 7.69. The van der Waals surface area contributed by atoms with Crippen molar-refractivity contribution in [2.45, 2.75) is 64.1 Å². The molecule has 0 amide bonds. The van der Waals surface area contributed by atoms with Crippen LogP contribution in [0.2, 0.25) is 18.1 Å². The van der Waals surface area contributed by atoms with Gasteiger partial charge in [0.2, 0.25) is 15.9 Å². The lowest BCUT2D eigenvalue weighted by Gasteiger charge is -2.35. The predicted molar refractivity (Wildman–Crippen MR) is 195 cm³/mol. The molecule has 4 aromatic rings. The first-order chi connectivity index (χ1) is 23.1. The Labute approximate surface area is 287 Å². The highest BCUT2D eigenvalue weighted by Gasteiger charge is 2.34. The van der Waals surface area contributed by atoms with Gasteiger partial charge in [-0.3, -0.25) is 4.72 Å². The van der Waals surface area contributed by atoms with Crippen molar-refractivity contribution in [2.75, 3.05) is 31.7 Å². The molecule has 0 fully saturated rings. The number of sulfonamides is 1. The maximum Gasteiger partial charge on any atom is 0.229 e. The highest BCUT2D eigenvalue weighted by molar-refractivity contribution is 7.92. The second kappa shape index (κ2) is 17.5. The number of nitrogens with one attached hydrogen (secondary N) is 2. The highest BCUT2D eigenvalue weighted by Crippen LogP contribution is 2.37. The van der Waals surface area contributed by atoms with Gasteiger partial charge in [-0.25, -0.2) is 13.4 Å². The molecule has 1 unspecified atom stereocenters. The number of pyridine rings is 1. The van der Waals surface area contributed by atoms with Crippen LogP contribution in [0.3, 0.4) is 0 Å². The molecule has 0 aliphatic rings. The van der Waals surface area contributed by atoms with Crippen LogP contribution in [0.4, 0.5) is 5.69 Å². The molecule has 0 radical (unpaired) electrons. The minimum Gasteiger partial charge on any atom is -0.496 e. The van der Waals surface area contributed by atoms with Gasteiger partial charge in [-0.2, -0.15) is 0 Å². The molecule has 48 heavy (non-hydrogen) atoms. The maximum atomic E-state index is 12.5. The van der Waals surface area contributed by atoms with Crippen LogP contribution in [0, 0.1) is 0 Å². The minimum absolute atomic E-state index is 0.236. The lowest BCUT2D eigenvalue weighted by molar-refractivity contribution is 0.180. The molecule has 11 heteroatoms. The third kappa shape index (κ3) is 10.1. The normalized spacial score (nSPS) is 13.0. The summed E-state index contributed by atoms with van der Waals surface area (Å²) >= 11 is 0. The van der Waals surface area contributed by atoms with Gasteiger partial charge >= 0.3 is 0 Å². The second-order valence-electron chi connectivity index (χ2n) is 11.8. The molecule has 2 N–H and O–H groups in total. The van der Waals surface area contributed by atoms with Gasteiger partial charge in [0.05, 0.1) is 37.8 Å². The van der Waals surface area contributed by atoms with Gasteiger partial charge in [0.1, 0.15) is 18.1 Å². The number of nitrogens with zero attached hydrogens (tertiary/aromatic N) is 1. The molecule has 2 atom stereocenters. The molecule has 1 aromatic heterocycles. The molecular formula is C37H49N3O6SSi. The van der Waals surface area contributed by atoms with Gasteiger partial charge in [-0.05, 0) is 59.4 Å². The van der Waals surface area contributed by atoms with Crippen molar-refractivity contribution in [3.63, 3.8) is 0 Å². The van der Waals surface area contributed by atoms with E-state index in [1.807, 2.05) is 72.8 Å². The number of hydrogen-bond donors (Lipinski definition) is 2. The Hall–Kier alpha value is -3.90. The Morgan fingerprint density at radius 3 is 2.04 bits per heavy atom. The lowest BCUT2D eigenvalue weighted by atomic mass is 9.98. The number of hydrogen-bond acceptors (Lipinski definition) is 8. The molecule has 0 saturated heterocycles. The largest absolute Gasteiger partial charge is 0.496 e. The van der Waals surface area contributed by atoms with Crippen LogP contribution in [-0.4, -0.2) is 48.7 Å². The van der Waals surface area contributed by atoms with E-state index in [-0.39, 0.29) is 12.1 Å². The minimum atomic E-state index is -3.60. The third-order valence-corrected chi connectivity index (χ3v) is 14.0. The quantitative estimate of drug-likeness (QED) is 0.0965. The molecule has 0 aliphatic carbocycles. The Bertz CT molecular complexity index is 1660. The number of rotatable bonds is 19. The number of ether oxygens (including phenoxy) is 3. The zero-order valence-corrected chi connectivity index (χ0v) is 30.7. The van der Waals surface area contributed by atoms with E-state index in [9.17, 15) is 8.42 Å². The summed E-state index contributed by atoms with van der Waals surface area (Å²) < 4.78 is 52.5. The topological polar surface area (TPSA) is 108 Å². The van der Waals surface area contributed by atoms with Gasteiger partial charge < -0.3 is 24.0 Å². The molecule has 9 nitrogen and oxygen atoms in total. The molecule has 258 valence electrons. The molecular weight excluding hydrogens is 643 g/mol. The van der Waals surface area contributed by atoms with Crippen molar-refractivity contribution in [1.29, 1.82) is 0 Å². The number of aromatic nitrogens is 1. The monoisotopic (exact) mass is 691 g/mol. The van der Waals surface area contributed by atoms with Crippen molar-refractivity contribution in [2.24, 2.45) is 0 Å². The molecule has 0 aliphatic heterocycles. The second-order valence-corrected chi connectivity index (χ2v) is 18.3. The van der Waals surface area contributed by atoms with Crippen LogP contribution in [0.15, 0.2) is 91.1 Å². The number of methoxy groups -OCH3 is 2. The molecule has 0 saturated carbocycles. The van der Waals surface area contributed by atoms with E-state index < -0.39 is 18.3 Å². The molecule has 1 heterocycles. The van der Waals surface area contributed by atoms with Crippen molar-refractivity contribution in [1.82, 2.24) is 10.3 Å². The number of benzene rings is 3.